The van der Waals surface area contributed by atoms with Crippen LogP contribution in [-0.2, 0) is 27.0 Å². The molecule has 4 atom stereocenters. The Hall–Kier alpha value is -3.58. The van der Waals surface area contributed by atoms with Crippen LogP contribution in [-0.4, -0.2) is 113 Å². The highest BCUT2D eigenvalue weighted by atomic mass is 35.5. The summed E-state index contributed by atoms with van der Waals surface area (Å²) in [4.78, 5) is 12.3. The van der Waals surface area contributed by atoms with Crippen molar-refractivity contribution < 1.29 is 58.2 Å². The number of carbonyl (C=O) groups is 1. The van der Waals surface area contributed by atoms with E-state index < -0.39 is 59.2 Å². The zero-order valence-corrected chi connectivity index (χ0v) is 30.9. The third-order valence-corrected chi connectivity index (χ3v) is 11.6. The molecule has 5 rings (SSSR count). The van der Waals surface area contributed by atoms with Crippen LogP contribution in [0, 0.1) is 0 Å². The maximum absolute atomic E-state index is 13.5. The molecule has 0 aliphatic heterocycles. The fourth-order valence-corrected chi connectivity index (χ4v) is 7.31. The molecule has 2 aliphatic rings. The highest BCUT2D eigenvalue weighted by molar-refractivity contribution is 7.89. The Labute approximate surface area is 313 Å². The molecule has 290 valence electrons. The maximum Gasteiger partial charge on any atom is 0.315 e. The summed E-state index contributed by atoms with van der Waals surface area (Å²) in [7, 11) is -2.48. The molecule has 1 aromatic heterocycles. The Kier molecular flexibility index (Phi) is 13.6. The van der Waals surface area contributed by atoms with Gasteiger partial charge < -0.3 is 45.6 Å². The first kappa shape index (κ1) is 40.6. The fourth-order valence-electron chi connectivity index (χ4n) is 5.88. The number of hydrogen-bond donors (Lipinski definition) is 8. The van der Waals surface area contributed by atoms with E-state index in [2.05, 4.69) is 10.6 Å². The minimum Gasteiger partial charge on any atom is -0.490 e. The third-order valence-electron chi connectivity index (χ3n) is 9.41. The van der Waals surface area contributed by atoms with E-state index in [9.17, 15) is 38.8 Å². The Bertz CT molecular complexity index is 1830. The molecule has 0 saturated heterocycles. The molecule has 2 amide bonds. The summed E-state index contributed by atoms with van der Waals surface area (Å²) in [6.45, 7) is -1.27. The molecule has 53 heavy (non-hydrogen) atoms. The number of nitrogens with one attached hydrogen (secondary N) is 2. The van der Waals surface area contributed by atoms with Gasteiger partial charge in [-0.25, -0.2) is 17.5 Å². The number of nitrogens with zero attached hydrogens (tertiary/aromatic N) is 2. The van der Waals surface area contributed by atoms with E-state index in [4.69, 9.17) is 26.2 Å². The minimum atomic E-state index is -3.92. The fraction of sp³-hybridized carbons (Fsp3) is 0.500. The van der Waals surface area contributed by atoms with Crippen molar-refractivity contribution in [3.8, 4) is 16.9 Å². The highest BCUT2D eigenvalue weighted by Crippen LogP contribution is 2.53. The van der Waals surface area contributed by atoms with Gasteiger partial charge in [-0.2, -0.15) is 0 Å². The lowest BCUT2D eigenvalue weighted by atomic mass is 9.96. The van der Waals surface area contributed by atoms with Crippen molar-refractivity contribution in [3.05, 3.63) is 77.1 Å². The zero-order chi connectivity index (χ0) is 38.3. The molecule has 17 heteroatoms. The number of urea groups is 1. The van der Waals surface area contributed by atoms with Gasteiger partial charge in [-0.15, -0.1) is 0 Å². The van der Waals surface area contributed by atoms with Crippen molar-refractivity contribution >= 4 is 27.7 Å². The number of aliphatic hydroxyl groups excluding tert-OH is 5. The van der Waals surface area contributed by atoms with E-state index in [0.29, 0.717) is 36.3 Å². The molecular formula is C36H48ClN4O11S+. The van der Waals surface area contributed by atoms with Gasteiger partial charge in [0.05, 0.1) is 42.4 Å². The van der Waals surface area contributed by atoms with Gasteiger partial charge in [-0.05, 0) is 68.4 Å². The Morgan fingerprint density at radius 3 is 2.45 bits per heavy atom. The first-order valence-corrected chi connectivity index (χ1v) is 19.3. The first-order chi connectivity index (χ1) is 25.3. The average Bonchev–Trinajstić information content (AvgIpc) is 4.10. The molecule has 0 bridgehead atoms. The van der Waals surface area contributed by atoms with E-state index in [1.807, 2.05) is 30.3 Å². The lowest BCUT2D eigenvalue weighted by Crippen LogP contribution is -2.56. The van der Waals surface area contributed by atoms with Crippen molar-refractivity contribution in [2.24, 2.45) is 0 Å². The predicted octanol–water partition coefficient (Wildman–Crippen LogP) is 1.41. The van der Waals surface area contributed by atoms with E-state index >= 15 is 0 Å². The quantitative estimate of drug-likeness (QED) is 0.0466. The molecule has 2 aliphatic carbocycles. The van der Waals surface area contributed by atoms with Crippen LogP contribution >= 0.6 is 11.6 Å². The van der Waals surface area contributed by atoms with E-state index in [1.165, 1.54) is 29.6 Å². The summed E-state index contributed by atoms with van der Waals surface area (Å²) in [6.07, 6.45) is 2.35. The van der Waals surface area contributed by atoms with Gasteiger partial charge in [0.15, 0.2) is 0 Å². The largest absolute Gasteiger partial charge is 0.490 e. The minimum absolute atomic E-state index is 0.0226. The Morgan fingerprint density at radius 2 is 1.77 bits per heavy atom. The first-order valence-electron chi connectivity index (χ1n) is 17.5. The molecule has 15 nitrogen and oxygen atoms in total. The summed E-state index contributed by atoms with van der Waals surface area (Å²) in [5.41, 5.74) is 2.30. The summed E-state index contributed by atoms with van der Waals surface area (Å²) in [5, 5.41) is 63.4. The van der Waals surface area contributed by atoms with Gasteiger partial charge in [-0.3, -0.25) is 5.21 Å². The van der Waals surface area contributed by atoms with Crippen molar-refractivity contribution in [2.75, 3.05) is 33.4 Å². The van der Waals surface area contributed by atoms with Crippen LogP contribution in [0.25, 0.3) is 11.1 Å². The number of benzene rings is 2. The smallest absolute Gasteiger partial charge is 0.315 e. The number of halogens is 1. The topological polar surface area (TPSA) is 222 Å². The average molecular weight is 780 g/mol. The van der Waals surface area contributed by atoms with E-state index in [-0.39, 0.29) is 30.7 Å². The van der Waals surface area contributed by atoms with Gasteiger partial charge in [0, 0.05) is 47.1 Å². The number of hydrogen-bond acceptors (Lipinski definition) is 11. The molecule has 2 saturated carbocycles. The SMILES string of the molecule is CN(CCCCNC(=O)NC(CO)C(O)C(O)C(O)CO)S(=O)(=O)c1ccc(Cl)c(COC2(c3c[n+](O)ccc3-c3ccccc3OC3CC3)CC2)c1. The van der Waals surface area contributed by atoms with E-state index in [0.717, 1.165) is 40.0 Å². The molecular weight excluding hydrogens is 732 g/mol. The number of amides is 2. The molecule has 0 radical (unpaired) electrons. The lowest BCUT2D eigenvalue weighted by Gasteiger charge is -2.28. The summed E-state index contributed by atoms with van der Waals surface area (Å²) < 4.78 is 41.9. The molecule has 2 aromatic carbocycles. The number of aromatic nitrogens is 1. The van der Waals surface area contributed by atoms with Crippen LogP contribution in [0.15, 0.2) is 65.8 Å². The molecule has 1 heterocycles. The van der Waals surface area contributed by atoms with Gasteiger partial charge in [0.1, 0.15) is 29.7 Å². The van der Waals surface area contributed by atoms with Crippen molar-refractivity contribution in [1.29, 1.82) is 0 Å². The second-order valence-electron chi connectivity index (χ2n) is 13.5. The molecule has 4 unspecified atom stereocenters. The summed E-state index contributed by atoms with van der Waals surface area (Å²) in [5.74, 6) is 0.761. The Morgan fingerprint density at radius 1 is 1.04 bits per heavy atom. The second-order valence-corrected chi connectivity index (χ2v) is 15.9. The number of para-hydroxylation sites is 1. The van der Waals surface area contributed by atoms with Crippen LogP contribution in [0.3, 0.4) is 0 Å². The highest BCUT2D eigenvalue weighted by Gasteiger charge is 2.49. The Balaban J connectivity index is 1.16. The predicted molar refractivity (Wildman–Crippen MR) is 192 cm³/mol. The van der Waals surface area contributed by atoms with Crippen molar-refractivity contribution in [1.82, 2.24) is 14.9 Å². The number of carbonyl (C=O) groups excluding carboxylic acids is 1. The van der Waals surface area contributed by atoms with Crippen LogP contribution in [0.4, 0.5) is 4.79 Å². The number of sulfonamides is 1. The monoisotopic (exact) mass is 779 g/mol. The third kappa shape index (κ3) is 10.1. The van der Waals surface area contributed by atoms with Gasteiger partial charge in [0.2, 0.25) is 22.4 Å². The second kappa shape index (κ2) is 17.7. The maximum atomic E-state index is 13.5. The molecule has 8 N–H and O–H groups in total. The normalized spacial score (nSPS) is 17.5. The number of aliphatic hydroxyl groups is 5. The van der Waals surface area contributed by atoms with Crippen LogP contribution in [0.2, 0.25) is 5.02 Å². The molecule has 0 spiro atoms. The van der Waals surface area contributed by atoms with Gasteiger partial charge in [0.25, 0.3) is 0 Å². The summed E-state index contributed by atoms with van der Waals surface area (Å²) in [6, 6.07) is 12.0. The lowest BCUT2D eigenvalue weighted by molar-refractivity contribution is -0.905. The molecule has 2 fully saturated rings. The number of unbranched alkanes of at least 4 members (excludes halogenated alkanes) is 1. The standard InChI is InChI=1S/C36H47ClN4O11S/c1-40(16-5-4-15-38-35(47)39-30(20-42)33(45)34(46)31(44)21-43)53(49,50)25-10-11-29(37)23(18-25)22-51-36(13-14-36)28-19-41(48)17-12-26(28)27-6-2-3-7-32(27)52-24-8-9-24/h2-3,6-7,10-12,17-19,24,30-31,33-34,42-46H,4-5,8-9,13-16,20-22H2,1H3,(H2-,38,39,47,48)/p+1. The van der Waals surface area contributed by atoms with Crippen molar-refractivity contribution in [2.45, 2.75) is 86.1 Å². The van der Waals surface area contributed by atoms with Crippen LogP contribution in [0.5, 0.6) is 5.75 Å². The van der Waals surface area contributed by atoms with Gasteiger partial charge >= 0.3 is 6.03 Å². The summed E-state index contributed by atoms with van der Waals surface area (Å²) >= 11 is 6.54. The molecule has 3 aromatic rings. The van der Waals surface area contributed by atoms with Crippen LogP contribution in [0.1, 0.15) is 49.7 Å². The number of rotatable bonds is 20. The van der Waals surface area contributed by atoms with Crippen molar-refractivity contribution in [3.63, 3.8) is 0 Å². The van der Waals surface area contributed by atoms with Gasteiger partial charge in [-0.1, -0.05) is 29.8 Å². The van der Waals surface area contributed by atoms with E-state index in [1.54, 1.807) is 12.4 Å². The van der Waals surface area contributed by atoms with Crippen LogP contribution < -0.4 is 20.1 Å². The number of pyridine rings is 1. The zero-order valence-electron chi connectivity index (χ0n) is 29.3. The number of ether oxygens (including phenoxy) is 2.